The first-order valence-electron chi connectivity index (χ1n) is 16.5. The molecule has 9 rings (SSSR count). The van der Waals surface area contributed by atoms with E-state index < -0.39 is 0 Å². The van der Waals surface area contributed by atoms with Gasteiger partial charge in [-0.25, -0.2) is 0 Å². The molecule has 1 aliphatic rings. The standard InChI is InChI=1S/C45H27N5/c46-26-29-13-22-44-40(23-29)38-9-3-6-12-43(38)50(44)45-25-34(28-48)33(27-47)24-39(45)32-16-14-30(15-17-32)31-18-20-35(21-19-31)49-41-10-4-1-7-36(41)37-8-2-5-11-42(37)49/h1-22,24-25,29H,23H2. The van der Waals surface area contributed by atoms with E-state index in [1.54, 1.807) is 0 Å². The van der Waals surface area contributed by atoms with Gasteiger partial charge in [0.05, 0.1) is 45.4 Å². The topological polar surface area (TPSA) is 81.2 Å². The summed E-state index contributed by atoms with van der Waals surface area (Å²) in [5.41, 5.74) is 12.0. The van der Waals surface area contributed by atoms with Gasteiger partial charge in [-0.1, -0.05) is 97.1 Å². The fourth-order valence-corrected chi connectivity index (χ4v) is 7.60. The van der Waals surface area contributed by atoms with Gasteiger partial charge >= 0.3 is 0 Å². The Bertz CT molecular complexity index is 2760. The summed E-state index contributed by atoms with van der Waals surface area (Å²) in [4.78, 5) is 0. The molecule has 0 amide bonds. The summed E-state index contributed by atoms with van der Waals surface area (Å²) < 4.78 is 4.49. The monoisotopic (exact) mass is 637 g/mol. The van der Waals surface area contributed by atoms with Crippen LogP contribution in [0.5, 0.6) is 0 Å². The van der Waals surface area contributed by atoms with Crippen LogP contribution in [0.15, 0.2) is 140 Å². The number of nitrogens with zero attached hydrogens (tertiary/aromatic N) is 5. The number of aromatic nitrogens is 2. The molecule has 6 aromatic carbocycles. The molecule has 0 fully saturated rings. The normalized spacial score (nSPS) is 13.6. The number of para-hydroxylation sites is 3. The number of allylic oxidation sites excluding steroid dienone is 1. The molecular weight excluding hydrogens is 611 g/mol. The van der Waals surface area contributed by atoms with Gasteiger partial charge in [0.1, 0.15) is 12.1 Å². The van der Waals surface area contributed by atoms with E-state index in [1.165, 1.54) is 21.8 Å². The molecule has 5 heteroatoms. The zero-order valence-corrected chi connectivity index (χ0v) is 26.9. The van der Waals surface area contributed by atoms with Crippen LogP contribution in [0.25, 0.3) is 72.4 Å². The van der Waals surface area contributed by atoms with E-state index >= 15 is 0 Å². The van der Waals surface area contributed by atoms with E-state index in [-0.39, 0.29) is 5.92 Å². The molecule has 5 nitrogen and oxygen atoms in total. The average Bonchev–Trinajstić information content (AvgIpc) is 3.70. The minimum Gasteiger partial charge on any atom is -0.309 e. The van der Waals surface area contributed by atoms with Gasteiger partial charge in [-0.05, 0) is 77.2 Å². The van der Waals surface area contributed by atoms with Crippen molar-refractivity contribution in [2.75, 3.05) is 0 Å². The minimum atomic E-state index is -0.194. The Balaban J connectivity index is 1.14. The minimum absolute atomic E-state index is 0.194. The Kier molecular flexibility index (Phi) is 6.70. The van der Waals surface area contributed by atoms with Gasteiger partial charge in [-0.15, -0.1) is 0 Å². The summed E-state index contributed by atoms with van der Waals surface area (Å²) in [6.45, 7) is 0. The van der Waals surface area contributed by atoms with Crippen LogP contribution in [-0.4, -0.2) is 9.13 Å². The largest absolute Gasteiger partial charge is 0.309 e. The van der Waals surface area contributed by atoms with E-state index in [1.807, 2.05) is 36.4 Å². The van der Waals surface area contributed by atoms with Gasteiger partial charge in [0.25, 0.3) is 0 Å². The van der Waals surface area contributed by atoms with Gasteiger partial charge in [0.15, 0.2) is 0 Å². The summed E-state index contributed by atoms with van der Waals surface area (Å²) in [5.74, 6) is -0.194. The van der Waals surface area contributed by atoms with Crippen molar-refractivity contribution in [1.82, 2.24) is 9.13 Å². The molecule has 0 aliphatic heterocycles. The van der Waals surface area contributed by atoms with E-state index in [4.69, 9.17) is 0 Å². The SMILES string of the molecule is N#Cc1cc(-c2ccc(-c3ccc(-n4c5ccccc5c5ccccc54)cc3)cc2)c(-n2c3c(c4ccccc42)CC(C#N)C=C3)cc1C#N. The zero-order chi connectivity index (χ0) is 33.8. The van der Waals surface area contributed by atoms with Crippen molar-refractivity contribution in [3.8, 4) is 51.8 Å². The van der Waals surface area contributed by atoms with Crippen LogP contribution < -0.4 is 0 Å². The summed E-state index contributed by atoms with van der Waals surface area (Å²) in [6.07, 6.45) is 4.59. The maximum absolute atomic E-state index is 10.0. The summed E-state index contributed by atoms with van der Waals surface area (Å²) >= 11 is 0. The van der Waals surface area contributed by atoms with Crippen molar-refractivity contribution in [1.29, 1.82) is 15.8 Å². The second kappa shape index (κ2) is 11.5. The molecule has 8 aromatic rings. The van der Waals surface area contributed by atoms with Crippen LogP contribution in [0.4, 0.5) is 0 Å². The highest BCUT2D eigenvalue weighted by atomic mass is 15.0. The van der Waals surface area contributed by atoms with E-state index in [9.17, 15) is 15.8 Å². The Morgan fingerprint density at radius 2 is 1.06 bits per heavy atom. The van der Waals surface area contributed by atoms with Crippen LogP contribution in [0.2, 0.25) is 0 Å². The number of nitriles is 3. The molecule has 1 unspecified atom stereocenters. The third-order valence-electron chi connectivity index (χ3n) is 9.95. The Hall–Kier alpha value is -7.13. The lowest BCUT2D eigenvalue weighted by atomic mass is 9.92. The smallest absolute Gasteiger partial charge is 0.101 e. The lowest BCUT2D eigenvalue weighted by Crippen LogP contribution is -2.07. The van der Waals surface area contributed by atoms with Crippen molar-refractivity contribution < 1.29 is 0 Å². The molecule has 0 spiro atoms. The predicted octanol–water partition coefficient (Wildman–Crippen LogP) is 10.5. The highest BCUT2D eigenvalue weighted by Gasteiger charge is 2.25. The van der Waals surface area contributed by atoms with Crippen molar-refractivity contribution in [3.63, 3.8) is 0 Å². The highest BCUT2D eigenvalue weighted by molar-refractivity contribution is 6.09. The Morgan fingerprint density at radius 3 is 1.66 bits per heavy atom. The van der Waals surface area contributed by atoms with Crippen molar-refractivity contribution in [2.24, 2.45) is 5.92 Å². The summed E-state index contributed by atoms with van der Waals surface area (Å²) in [6, 6.07) is 52.8. The van der Waals surface area contributed by atoms with E-state index in [0.717, 1.165) is 55.8 Å². The van der Waals surface area contributed by atoms with Crippen LogP contribution in [0.1, 0.15) is 22.4 Å². The first-order chi connectivity index (χ1) is 24.7. The summed E-state index contributed by atoms with van der Waals surface area (Å²) in [5, 5.41) is 33.3. The van der Waals surface area contributed by atoms with Crippen LogP contribution in [0.3, 0.4) is 0 Å². The lowest BCUT2D eigenvalue weighted by Gasteiger charge is -2.18. The van der Waals surface area contributed by atoms with E-state index in [0.29, 0.717) is 17.5 Å². The Labute approximate surface area is 289 Å². The molecule has 1 atom stereocenters. The fraction of sp³-hybridized carbons (Fsp3) is 0.0444. The molecule has 2 heterocycles. The van der Waals surface area contributed by atoms with Gasteiger partial charge < -0.3 is 9.13 Å². The first-order valence-corrected chi connectivity index (χ1v) is 16.5. The van der Waals surface area contributed by atoms with Crippen LogP contribution in [-0.2, 0) is 6.42 Å². The van der Waals surface area contributed by atoms with Gasteiger partial charge in [0.2, 0.25) is 0 Å². The fourth-order valence-electron chi connectivity index (χ4n) is 7.60. The average molecular weight is 638 g/mol. The van der Waals surface area contributed by atoms with Crippen molar-refractivity contribution >= 4 is 38.8 Å². The highest BCUT2D eigenvalue weighted by Crippen LogP contribution is 2.40. The van der Waals surface area contributed by atoms with Crippen LogP contribution in [0, 0.1) is 39.9 Å². The maximum atomic E-state index is 10.0. The third-order valence-corrected chi connectivity index (χ3v) is 9.95. The van der Waals surface area contributed by atoms with Crippen molar-refractivity contribution in [3.05, 3.63) is 162 Å². The second-order valence-corrected chi connectivity index (χ2v) is 12.6. The quantitative estimate of drug-likeness (QED) is 0.193. The maximum Gasteiger partial charge on any atom is 0.101 e. The third kappa shape index (κ3) is 4.45. The van der Waals surface area contributed by atoms with Crippen LogP contribution >= 0.6 is 0 Å². The molecule has 2 aromatic heterocycles. The molecule has 0 saturated heterocycles. The zero-order valence-electron chi connectivity index (χ0n) is 26.9. The molecule has 0 saturated carbocycles. The van der Waals surface area contributed by atoms with Gasteiger partial charge in [-0.3, -0.25) is 0 Å². The molecule has 0 N–H and O–H groups in total. The summed E-state index contributed by atoms with van der Waals surface area (Å²) in [7, 11) is 0. The number of hydrogen-bond acceptors (Lipinski definition) is 3. The molecule has 1 aliphatic carbocycles. The molecule has 232 valence electrons. The number of hydrogen-bond donors (Lipinski definition) is 0. The Morgan fingerprint density at radius 1 is 0.540 bits per heavy atom. The number of rotatable bonds is 4. The number of benzene rings is 6. The lowest BCUT2D eigenvalue weighted by molar-refractivity contribution is 0.809. The molecular formula is C45H27N5. The second-order valence-electron chi connectivity index (χ2n) is 12.6. The molecule has 0 bridgehead atoms. The predicted molar refractivity (Wildman–Crippen MR) is 200 cm³/mol. The van der Waals surface area contributed by atoms with E-state index in [2.05, 4.69) is 137 Å². The molecule has 0 radical (unpaired) electrons. The van der Waals surface area contributed by atoms with Gasteiger partial charge in [0, 0.05) is 33.1 Å². The van der Waals surface area contributed by atoms with Gasteiger partial charge in [-0.2, -0.15) is 15.8 Å². The number of fused-ring (bicyclic) bond motifs is 6. The van der Waals surface area contributed by atoms with Crippen molar-refractivity contribution in [2.45, 2.75) is 6.42 Å². The first kappa shape index (κ1) is 29.0. The molecule has 50 heavy (non-hydrogen) atoms.